The van der Waals surface area contributed by atoms with Gasteiger partial charge in [0.05, 0.1) is 16.8 Å². The zero-order valence-corrected chi connectivity index (χ0v) is 10.2. The number of carbonyl (C=O) groups is 1. The van der Waals surface area contributed by atoms with Crippen molar-refractivity contribution in [2.75, 3.05) is 18.5 Å². The Hall–Kier alpha value is -1.26. The minimum atomic E-state index is -0.256. The van der Waals surface area contributed by atoms with E-state index in [1.54, 1.807) is 12.1 Å². The van der Waals surface area contributed by atoms with Gasteiger partial charge >= 0.3 is 6.03 Å². The maximum absolute atomic E-state index is 11.6. The van der Waals surface area contributed by atoms with Crippen LogP contribution in [0.3, 0.4) is 0 Å². The molecule has 1 aromatic rings. The molecule has 0 radical (unpaired) electrons. The lowest BCUT2D eigenvalue weighted by molar-refractivity contribution is 0.112. The van der Waals surface area contributed by atoms with Crippen molar-refractivity contribution < 1.29 is 9.53 Å². The zero-order valence-electron chi connectivity index (χ0n) is 9.41. The zero-order chi connectivity index (χ0) is 12.1. The largest absolute Gasteiger partial charge is 0.376 e. The first-order chi connectivity index (χ1) is 8.25. The molecule has 1 fully saturated rings. The molecule has 2 amide bonds. The topological polar surface area (TPSA) is 50.4 Å². The van der Waals surface area contributed by atoms with E-state index in [-0.39, 0.29) is 12.1 Å². The lowest BCUT2D eigenvalue weighted by atomic mass is 10.2. The van der Waals surface area contributed by atoms with Gasteiger partial charge in [0.1, 0.15) is 0 Å². The number of amides is 2. The first kappa shape index (κ1) is 12.2. The van der Waals surface area contributed by atoms with Crippen LogP contribution < -0.4 is 10.6 Å². The predicted molar refractivity (Wildman–Crippen MR) is 67.4 cm³/mol. The van der Waals surface area contributed by atoms with Crippen molar-refractivity contribution in [1.29, 1.82) is 0 Å². The second-order valence-corrected chi connectivity index (χ2v) is 4.36. The number of ether oxygens (including phenoxy) is 1. The van der Waals surface area contributed by atoms with Crippen molar-refractivity contribution in [2.45, 2.75) is 18.9 Å². The van der Waals surface area contributed by atoms with E-state index in [1.807, 2.05) is 12.1 Å². The average molecular weight is 255 g/mol. The third-order valence-electron chi connectivity index (χ3n) is 2.64. The third-order valence-corrected chi connectivity index (χ3v) is 2.97. The summed E-state index contributed by atoms with van der Waals surface area (Å²) >= 11 is 5.93. The molecule has 2 N–H and O–H groups in total. The highest BCUT2D eigenvalue weighted by molar-refractivity contribution is 6.33. The number of urea groups is 1. The molecule has 1 saturated heterocycles. The van der Waals surface area contributed by atoms with Crippen molar-refractivity contribution in [3.05, 3.63) is 29.3 Å². The van der Waals surface area contributed by atoms with E-state index in [1.165, 1.54) is 0 Å². The van der Waals surface area contributed by atoms with E-state index < -0.39 is 0 Å². The smallest absolute Gasteiger partial charge is 0.319 e. The molecule has 0 aromatic heterocycles. The second-order valence-electron chi connectivity index (χ2n) is 3.95. The lowest BCUT2D eigenvalue weighted by Crippen LogP contribution is -2.35. The van der Waals surface area contributed by atoms with Gasteiger partial charge in [0.25, 0.3) is 0 Å². The van der Waals surface area contributed by atoms with E-state index in [2.05, 4.69) is 10.6 Å². The fourth-order valence-corrected chi connectivity index (χ4v) is 1.92. The van der Waals surface area contributed by atoms with Gasteiger partial charge in [-0.25, -0.2) is 4.79 Å². The summed E-state index contributed by atoms with van der Waals surface area (Å²) in [6.07, 6.45) is 2.22. The molecule has 5 heteroatoms. The minimum Gasteiger partial charge on any atom is -0.376 e. The van der Waals surface area contributed by atoms with Gasteiger partial charge in [-0.05, 0) is 25.0 Å². The summed E-state index contributed by atoms with van der Waals surface area (Å²) in [6, 6.07) is 6.87. The van der Waals surface area contributed by atoms with Gasteiger partial charge in [0.15, 0.2) is 0 Å². The molecule has 4 nitrogen and oxygen atoms in total. The molecular formula is C12H15ClN2O2. The number of rotatable bonds is 3. The average Bonchev–Trinajstić information content (AvgIpc) is 2.82. The van der Waals surface area contributed by atoms with Crippen LogP contribution in [-0.2, 0) is 4.74 Å². The SMILES string of the molecule is O=C(NC[C@@H]1CCCO1)Nc1ccccc1Cl. The Morgan fingerprint density at radius 1 is 1.47 bits per heavy atom. The van der Waals surface area contributed by atoms with Crippen molar-refractivity contribution >= 4 is 23.3 Å². The molecule has 0 saturated carbocycles. The molecule has 1 atom stereocenters. The second kappa shape index (κ2) is 5.89. The normalized spacial score (nSPS) is 19.0. The Morgan fingerprint density at radius 3 is 3.00 bits per heavy atom. The first-order valence-electron chi connectivity index (χ1n) is 5.66. The summed E-state index contributed by atoms with van der Waals surface area (Å²) in [6.45, 7) is 1.33. The van der Waals surface area contributed by atoms with E-state index in [4.69, 9.17) is 16.3 Å². The highest BCUT2D eigenvalue weighted by Gasteiger charge is 2.16. The fraction of sp³-hybridized carbons (Fsp3) is 0.417. The van der Waals surface area contributed by atoms with Crippen LogP contribution in [0.15, 0.2) is 24.3 Å². The number of anilines is 1. The van der Waals surface area contributed by atoms with Crippen LogP contribution in [0.5, 0.6) is 0 Å². The number of para-hydroxylation sites is 1. The van der Waals surface area contributed by atoms with Crippen LogP contribution in [0, 0.1) is 0 Å². The summed E-state index contributed by atoms with van der Waals surface area (Å²) < 4.78 is 5.41. The molecule has 1 aromatic carbocycles. The molecule has 1 aliphatic heterocycles. The number of carbonyl (C=O) groups excluding carboxylic acids is 1. The van der Waals surface area contributed by atoms with Gasteiger partial charge in [-0.15, -0.1) is 0 Å². The molecular weight excluding hydrogens is 240 g/mol. The quantitative estimate of drug-likeness (QED) is 0.871. The van der Waals surface area contributed by atoms with Crippen molar-refractivity contribution in [3.8, 4) is 0 Å². The maximum Gasteiger partial charge on any atom is 0.319 e. The molecule has 2 rings (SSSR count). The number of hydrogen-bond donors (Lipinski definition) is 2. The maximum atomic E-state index is 11.6. The highest BCUT2D eigenvalue weighted by atomic mass is 35.5. The van der Waals surface area contributed by atoms with Crippen LogP contribution in [-0.4, -0.2) is 25.3 Å². The van der Waals surface area contributed by atoms with Crippen LogP contribution in [0.25, 0.3) is 0 Å². The Balaban J connectivity index is 1.79. The summed E-state index contributed by atoms with van der Waals surface area (Å²) in [5, 5.41) is 5.99. The Kier molecular flexibility index (Phi) is 4.23. The van der Waals surface area contributed by atoms with E-state index in [9.17, 15) is 4.79 Å². The molecule has 0 unspecified atom stereocenters. The van der Waals surface area contributed by atoms with Crippen molar-refractivity contribution in [2.24, 2.45) is 0 Å². The number of benzene rings is 1. The Morgan fingerprint density at radius 2 is 2.29 bits per heavy atom. The number of nitrogens with one attached hydrogen (secondary N) is 2. The van der Waals surface area contributed by atoms with Crippen LogP contribution in [0.1, 0.15) is 12.8 Å². The van der Waals surface area contributed by atoms with Crippen molar-refractivity contribution in [3.63, 3.8) is 0 Å². The Labute approximate surface area is 105 Å². The van der Waals surface area contributed by atoms with Gasteiger partial charge in [-0.1, -0.05) is 23.7 Å². The summed E-state index contributed by atoms with van der Waals surface area (Å²) in [4.78, 5) is 11.6. The lowest BCUT2D eigenvalue weighted by Gasteiger charge is -2.12. The highest BCUT2D eigenvalue weighted by Crippen LogP contribution is 2.20. The summed E-state index contributed by atoms with van der Waals surface area (Å²) in [5.41, 5.74) is 0.610. The molecule has 0 aliphatic carbocycles. The first-order valence-corrected chi connectivity index (χ1v) is 6.04. The van der Waals surface area contributed by atoms with Gasteiger partial charge in [-0.2, -0.15) is 0 Å². The van der Waals surface area contributed by atoms with E-state index >= 15 is 0 Å². The van der Waals surface area contributed by atoms with Crippen LogP contribution >= 0.6 is 11.6 Å². The monoisotopic (exact) mass is 254 g/mol. The van der Waals surface area contributed by atoms with Gasteiger partial charge < -0.3 is 15.4 Å². The molecule has 92 valence electrons. The standard InChI is InChI=1S/C12H15ClN2O2/c13-10-5-1-2-6-11(10)15-12(16)14-8-9-4-3-7-17-9/h1-2,5-6,9H,3-4,7-8H2,(H2,14,15,16)/t9-/m0/s1. The number of halogens is 1. The van der Waals surface area contributed by atoms with Gasteiger partial charge in [0.2, 0.25) is 0 Å². The molecule has 1 heterocycles. The predicted octanol–water partition coefficient (Wildman–Crippen LogP) is 2.64. The van der Waals surface area contributed by atoms with Gasteiger partial charge in [0, 0.05) is 13.2 Å². The van der Waals surface area contributed by atoms with Crippen LogP contribution in [0.2, 0.25) is 5.02 Å². The molecule has 17 heavy (non-hydrogen) atoms. The Bertz CT molecular complexity index is 392. The minimum absolute atomic E-state index is 0.145. The third kappa shape index (κ3) is 3.61. The fourth-order valence-electron chi connectivity index (χ4n) is 1.74. The van der Waals surface area contributed by atoms with Gasteiger partial charge in [-0.3, -0.25) is 0 Å². The molecule has 0 spiro atoms. The molecule has 0 bridgehead atoms. The van der Waals surface area contributed by atoms with E-state index in [0.717, 1.165) is 19.4 Å². The number of hydrogen-bond acceptors (Lipinski definition) is 2. The summed E-state index contributed by atoms with van der Waals surface area (Å²) in [5.74, 6) is 0. The molecule has 1 aliphatic rings. The van der Waals surface area contributed by atoms with Crippen molar-refractivity contribution in [1.82, 2.24) is 5.32 Å². The van der Waals surface area contributed by atoms with Crippen LogP contribution in [0.4, 0.5) is 10.5 Å². The van der Waals surface area contributed by atoms with E-state index in [0.29, 0.717) is 17.3 Å². The summed E-state index contributed by atoms with van der Waals surface area (Å²) in [7, 11) is 0.